The molecule has 3 rings (SSSR count). The maximum Gasteiger partial charge on any atom is 0.134 e. The lowest BCUT2D eigenvalue weighted by Gasteiger charge is -2.36. The molecular weight excluding hydrogens is 246 g/mol. The quantitative estimate of drug-likeness (QED) is 0.870. The van der Waals surface area contributed by atoms with Crippen molar-refractivity contribution in [2.45, 2.75) is 39.2 Å². The summed E-state index contributed by atoms with van der Waals surface area (Å²) in [7, 11) is 2.08. The highest BCUT2D eigenvalue weighted by Gasteiger charge is 2.31. The summed E-state index contributed by atoms with van der Waals surface area (Å²) in [4.78, 5) is 0. The number of rotatable bonds is 3. The molecule has 2 heteroatoms. The lowest BCUT2D eigenvalue weighted by atomic mass is 9.72. The Morgan fingerprint density at radius 3 is 2.70 bits per heavy atom. The highest BCUT2D eigenvalue weighted by atomic mass is 16.3. The van der Waals surface area contributed by atoms with Crippen molar-refractivity contribution in [1.82, 2.24) is 5.32 Å². The van der Waals surface area contributed by atoms with Gasteiger partial charge in [0.05, 0.1) is 6.26 Å². The summed E-state index contributed by atoms with van der Waals surface area (Å²) < 4.78 is 5.73. The van der Waals surface area contributed by atoms with Crippen LogP contribution in [0.15, 0.2) is 34.9 Å². The Labute approximate surface area is 121 Å². The number of nitrogens with one attached hydrogen (secondary N) is 1. The van der Waals surface area contributed by atoms with Crippen molar-refractivity contribution in [1.29, 1.82) is 0 Å². The van der Waals surface area contributed by atoms with E-state index in [1.54, 1.807) is 0 Å². The largest absolute Gasteiger partial charge is 0.464 e. The molecule has 0 spiro atoms. The van der Waals surface area contributed by atoms with E-state index >= 15 is 0 Å². The van der Waals surface area contributed by atoms with Crippen molar-refractivity contribution in [3.63, 3.8) is 0 Å². The number of para-hydroxylation sites is 1. The molecule has 2 nitrogen and oxygen atoms in total. The van der Waals surface area contributed by atoms with Crippen LogP contribution in [0.4, 0.5) is 0 Å². The standard InChI is InChI=1S/C18H25NO/c1-12-8-9-14(10-13(12)2)18(19-3)16-11-20-17-7-5-4-6-15(16)17/h4-7,11-14,18-19H,8-10H2,1-3H3. The molecule has 0 aliphatic heterocycles. The molecule has 4 unspecified atom stereocenters. The molecule has 4 atom stereocenters. The summed E-state index contributed by atoms with van der Waals surface area (Å²) in [6, 6.07) is 8.77. The van der Waals surface area contributed by atoms with Crippen molar-refractivity contribution in [2.24, 2.45) is 17.8 Å². The van der Waals surface area contributed by atoms with Crippen LogP contribution in [-0.4, -0.2) is 7.05 Å². The zero-order valence-electron chi connectivity index (χ0n) is 12.7. The molecule has 1 heterocycles. The molecule has 1 N–H and O–H groups in total. The average molecular weight is 271 g/mol. The second kappa shape index (κ2) is 5.61. The van der Waals surface area contributed by atoms with E-state index in [0.717, 1.165) is 17.4 Å². The molecule has 2 aromatic rings. The molecule has 1 aromatic carbocycles. The first kappa shape index (κ1) is 13.7. The molecule has 0 saturated heterocycles. The smallest absolute Gasteiger partial charge is 0.134 e. The molecule has 20 heavy (non-hydrogen) atoms. The van der Waals surface area contributed by atoms with Gasteiger partial charge in [0.1, 0.15) is 5.58 Å². The topological polar surface area (TPSA) is 25.2 Å². The van der Waals surface area contributed by atoms with Gasteiger partial charge in [-0.1, -0.05) is 38.5 Å². The van der Waals surface area contributed by atoms with E-state index in [-0.39, 0.29) is 0 Å². The minimum Gasteiger partial charge on any atom is -0.464 e. The Morgan fingerprint density at radius 2 is 1.95 bits per heavy atom. The molecule has 1 fully saturated rings. The normalized spacial score (nSPS) is 28.6. The minimum atomic E-state index is 0.411. The van der Waals surface area contributed by atoms with E-state index in [9.17, 15) is 0 Å². The second-order valence-electron chi connectivity index (χ2n) is 6.48. The molecule has 1 saturated carbocycles. The van der Waals surface area contributed by atoms with Gasteiger partial charge in [0.2, 0.25) is 0 Å². The molecular formula is C18H25NO. The molecule has 1 aromatic heterocycles. The lowest BCUT2D eigenvalue weighted by Crippen LogP contribution is -2.31. The Morgan fingerprint density at radius 1 is 1.15 bits per heavy atom. The van der Waals surface area contributed by atoms with Crippen LogP contribution in [-0.2, 0) is 0 Å². The number of hydrogen-bond acceptors (Lipinski definition) is 2. The van der Waals surface area contributed by atoms with Gasteiger partial charge < -0.3 is 9.73 Å². The Balaban J connectivity index is 1.90. The van der Waals surface area contributed by atoms with Crippen LogP contribution in [0, 0.1) is 17.8 Å². The third-order valence-corrected chi connectivity index (χ3v) is 5.27. The van der Waals surface area contributed by atoms with Gasteiger partial charge in [-0.2, -0.15) is 0 Å². The van der Waals surface area contributed by atoms with E-state index < -0.39 is 0 Å². The van der Waals surface area contributed by atoms with E-state index in [4.69, 9.17) is 4.42 Å². The van der Waals surface area contributed by atoms with Gasteiger partial charge in [0.25, 0.3) is 0 Å². The summed E-state index contributed by atoms with van der Waals surface area (Å²) in [5.41, 5.74) is 2.33. The van der Waals surface area contributed by atoms with Gasteiger partial charge in [0, 0.05) is 17.0 Å². The van der Waals surface area contributed by atoms with Gasteiger partial charge in [-0.3, -0.25) is 0 Å². The van der Waals surface area contributed by atoms with E-state index in [2.05, 4.69) is 44.4 Å². The third-order valence-electron chi connectivity index (χ3n) is 5.27. The number of benzene rings is 1. The Hall–Kier alpha value is -1.28. The van der Waals surface area contributed by atoms with E-state index in [1.807, 2.05) is 12.3 Å². The van der Waals surface area contributed by atoms with Crippen molar-refractivity contribution in [3.8, 4) is 0 Å². The first-order chi connectivity index (χ1) is 9.70. The van der Waals surface area contributed by atoms with Crippen LogP contribution >= 0.6 is 0 Å². The van der Waals surface area contributed by atoms with Crippen LogP contribution in [0.3, 0.4) is 0 Å². The van der Waals surface area contributed by atoms with Crippen molar-refractivity contribution < 1.29 is 4.42 Å². The van der Waals surface area contributed by atoms with Crippen LogP contribution in [0.5, 0.6) is 0 Å². The third kappa shape index (κ3) is 2.37. The molecule has 108 valence electrons. The highest BCUT2D eigenvalue weighted by Crippen LogP contribution is 2.41. The molecule has 0 radical (unpaired) electrons. The van der Waals surface area contributed by atoms with Crippen LogP contribution in [0.2, 0.25) is 0 Å². The molecule has 0 amide bonds. The van der Waals surface area contributed by atoms with Crippen molar-refractivity contribution in [3.05, 3.63) is 36.1 Å². The van der Waals surface area contributed by atoms with E-state index in [0.29, 0.717) is 12.0 Å². The first-order valence-corrected chi connectivity index (χ1v) is 7.84. The van der Waals surface area contributed by atoms with Crippen molar-refractivity contribution >= 4 is 11.0 Å². The summed E-state index contributed by atoms with van der Waals surface area (Å²) in [5, 5.41) is 4.80. The predicted octanol–water partition coefficient (Wildman–Crippen LogP) is 4.77. The summed E-state index contributed by atoms with van der Waals surface area (Å²) in [5.74, 6) is 2.40. The molecule has 1 aliphatic carbocycles. The zero-order valence-corrected chi connectivity index (χ0v) is 12.7. The van der Waals surface area contributed by atoms with Gasteiger partial charge >= 0.3 is 0 Å². The molecule has 1 aliphatic rings. The fraction of sp³-hybridized carbons (Fsp3) is 0.556. The van der Waals surface area contributed by atoms with Crippen LogP contribution in [0.1, 0.15) is 44.7 Å². The Kier molecular flexibility index (Phi) is 3.84. The van der Waals surface area contributed by atoms with E-state index in [1.165, 1.54) is 30.2 Å². The SMILES string of the molecule is CNC(c1coc2ccccc12)C1CCC(C)C(C)C1. The van der Waals surface area contributed by atoms with Crippen molar-refractivity contribution in [2.75, 3.05) is 7.05 Å². The number of fused-ring (bicyclic) bond motifs is 1. The van der Waals surface area contributed by atoms with Crippen LogP contribution in [0.25, 0.3) is 11.0 Å². The number of hydrogen-bond donors (Lipinski definition) is 1. The highest BCUT2D eigenvalue weighted by molar-refractivity contribution is 5.81. The fourth-order valence-corrected chi connectivity index (χ4v) is 3.78. The monoisotopic (exact) mass is 271 g/mol. The zero-order chi connectivity index (χ0) is 14.1. The van der Waals surface area contributed by atoms with Crippen LogP contribution < -0.4 is 5.32 Å². The predicted molar refractivity (Wildman–Crippen MR) is 83.7 cm³/mol. The summed E-state index contributed by atoms with van der Waals surface area (Å²) >= 11 is 0. The summed E-state index contributed by atoms with van der Waals surface area (Å²) in [6.45, 7) is 4.79. The minimum absolute atomic E-state index is 0.411. The van der Waals surface area contributed by atoms with Gasteiger partial charge in [-0.25, -0.2) is 0 Å². The number of furan rings is 1. The first-order valence-electron chi connectivity index (χ1n) is 7.84. The van der Waals surface area contributed by atoms with Gasteiger partial charge in [-0.15, -0.1) is 0 Å². The Bertz CT molecular complexity index is 574. The fourth-order valence-electron chi connectivity index (χ4n) is 3.78. The second-order valence-corrected chi connectivity index (χ2v) is 6.48. The maximum atomic E-state index is 5.73. The maximum absolute atomic E-state index is 5.73. The summed E-state index contributed by atoms with van der Waals surface area (Å²) in [6.07, 6.45) is 5.93. The molecule has 0 bridgehead atoms. The average Bonchev–Trinajstić information content (AvgIpc) is 2.88. The van der Waals surface area contributed by atoms with Gasteiger partial charge in [0.15, 0.2) is 0 Å². The van der Waals surface area contributed by atoms with Gasteiger partial charge in [-0.05, 0) is 43.7 Å². The lowest BCUT2D eigenvalue weighted by molar-refractivity contribution is 0.175.